The highest BCUT2D eigenvalue weighted by atomic mass is 19.1. The third-order valence-corrected chi connectivity index (χ3v) is 2.76. The normalized spacial score (nSPS) is 10.0. The number of furan rings is 1. The molecule has 0 aliphatic rings. The van der Waals surface area contributed by atoms with Gasteiger partial charge in [0, 0.05) is 5.56 Å². The van der Waals surface area contributed by atoms with E-state index in [2.05, 4.69) is 0 Å². The van der Waals surface area contributed by atoms with E-state index in [4.69, 9.17) is 20.3 Å². The molecule has 0 saturated heterocycles. The van der Waals surface area contributed by atoms with Crippen molar-refractivity contribution in [1.29, 1.82) is 5.26 Å². The number of nitrogens with zero attached hydrogens (tertiary/aromatic N) is 1. The number of aryl methyl sites for hydroxylation is 1. The summed E-state index contributed by atoms with van der Waals surface area (Å²) in [5, 5.41) is 8.89. The van der Waals surface area contributed by atoms with Gasteiger partial charge in [-0.1, -0.05) is 6.07 Å². The van der Waals surface area contributed by atoms with Crippen molar-refractivity contribution >= 4 is 5.91 Å². The lowest BCUT2D eigenvalue weighted by atomic mass is 10.2. The van der Waals surface area contributed by atoms with Crippen LogP contribution in [0.25, 0.3) is 0 Å². The highest BCUT2D eigenvalue weighted by Gasteiger charge is 2.16. The van der Waals surface area contributed by atoms with E-state index in [9.17, 15) is 9.18 Å². The largest absolute Gasteiger partial charge is 0.484 e. The van der Waals surface area contributed by atoms with Crippen molar-refractivity contribution in [2.75, 3.05) is 0 Å². The molecule has 0 spiro atoms. The minimum absolute atomic E-state index is 0.0448. The zero-order valence-electron chi connectivity index (χ0n) is 11.1. The van der Waals surface area contributed by atoms with Crippen molar-refractivity contribution in [3.05, 3.63) is 52.7 Å². The van der Waals surface area contributed by atoms with Crippen molar-refractivity contribution in [2.45, 2.75) is 13.5 Å². The molecule has 0 unspecified atom stereocenters. The minimum Gasteiger partial charge on any atom is -0.484 e. The molecule has 21 heavy (non-hydrogen) atoms. The summed E-state index contributed by atoms with van der Waals surface area (Å²) in [6.07, 6.45) is 0. The Morgan fingerprint density at radius 1 is 1.57 bits per heavy atom. The third-order valence-electron chi connectivity index (χ3n) is 2.76. The number of halogens is 1. The second-order valence-corrected chi connectivity index (χ2v) is 4.21. The lowest BCUT2D eigenvalue weighted by Crippen LogP contribution is -2.30. The van der Waals surface area contributed by atoms with Crippen molar-refractivity contribution < 1.29 is 18.3 Å². The number of hydrazine groups is 1. The smallest absolute Gasteiger partial charge is 0.301 e. The quantitative estimate of drug-likeness (QED) is 0.507. The van der Waals surface area contributed by atoms with Gasteiger partial charge in [0.1, 0.15) is 35.6 Å². The first-order valence-corrected chi connectivity index (χ1v) is 5.98. The predicted molar refractivity (Wildman–Crippen MR) is 70.5 cm³/mol. The topological polar surface area (TPSA) is 101 Å². The summed E-state index contributed by atoms with van der Waals surface area (Å²) in [6.45, 7) is 1.64. The van der Waals surface area contributed by atoms with Crippen LogP contribution in [0.2, 0.25) is 0 Å². The van der Waals surface area contributed by atoms with E-state index in [1.54, 1.807) is 19.1 Å². The molecular formula is C14H12FN3O3. The zero-order valence-corrected chi connectivity index (χ0v) is 11.1. The molecule has 0 aliphatic heterocycles. The van der Waals surface area contributed by atoms with Crippen LogP contribution in [0.3, 0.4) is 0 Å². The van der Waals surface area contributed by atoms with Crippen LogP contribution in [0.5, 0.6) is 5.75 Å². The molecule has 0 atom stereocenters. The van der Waals surface area contributed by atoms with Gasteiger partial charge in [0.2, 0.25) is 0 Å². The molecule has 1 amide bonds. The average molecular weight is 289 g/mol. The molecule has 0 bridgehead atoms. The van der Waals surface area contributed by atoms with E-state index >= 15 is 0 Å². The molecule has 0 radical (unpaired) electrons. The Hall–Kier alpha value is -2.85. The number of nitriles is 1. The van der Waals surface area contributed by atoms with Crippen molar-refractivity contribution in [3.8, 4) is 11.8 Å². The van der Waals surface area contributed by atoms with Gasteiger partial charge in [-0.3, -0.25) is 10.2 Å². The van der Waals surface area contributed by atoms with Crippen LogP contribution >= 0.6 is 0 Å². The monoisotopic (exact) mass is 289 g/mol. The summed E-state index contributed by atoms with van der Waals surface area (Å²) in [5.41, 5.74) is 2.38. The Labute approximate surface area is 119 Å². The summed E-state index contributed by atoms with van der Waals surface area (Å²) in [7, 11) is 0. The van der Waals surface area contributed by atoms with Gasteiger partial charge in [0.05, 0.1) is 0 Å². The van der Waals surface area contributed by atoms with Gasteiger partial charge in [0.25, 0.3) is 0 Å². The molecule has 3 N–H and O–H groups in total. The van der Waals surface area contributed by atoms with Gasteiger partial charge >= 0.3 is 5.91 Å². The van der Waals surface area contributed by atoms with Crippen LogP contribution in [0.15, 0.2) is 28.7 Å². The fourth-order valence-electron chi connectivity index (χ4n) is 1.79. The van der Waals surface area contributed by atoms with Crippen LogP contribution < -0.4 is 16.0 Å². The minimum atomic E-state index is -0.658. The Morgan fingerprint density at radius 2 is 2.33 bits per heavy atom. The molecule has 0 saturated carbocycles. The second kappa shape index (κ2) is 6.07. The number of nitrogen functional groups attached to an aromatic ring is 1. The lowest BCUT2D eigenvalue weighted by Gasteiger charge is -2.06. The summed E-state index contributed by atoms with van der Waals surface area (Å²) in [4.78, 5) is 11.4. The maximum Gasteiger partial charge on any atom is 0.301 e. The molecule has 2 aromatic rings. The van der Waals surface area contributed by atoms with Crippen LogP contribution in [-0.4, -0.2) is 5.91 Å². The number of carbonyl (C=O) groups excluding carboxylic acids is 1. The third kappa shape index (κ3) is 3.01. The van der Waals surface area contributed by atoms with E-state index in [1.807, 2.05) is 5.43 Å². The van der Waals surface area contributed by atoms with E-state index in [0.717, 1.165) is 0 Å². The summed E-state index contributed by atoms with van der Waals surface area (Å²) >= 11 is 0. The number of nitrogens with two attached hydrogens (primary N) is 1. The molecule has 1 aromatic heterocycles. The SMILES string of the molecule is Cc1cc(COc2cccc(F)c2C#N)oc1C(=O)NN. The average Bonchev–Trinajstić information content (AvgIpc) is 2.85. The Bertz CT molecular complexity index is 719. The molecule has 0 aliphatic carbocycles. The first kappa shape index (κ1) is 14.6. The Kier molecular flexibility index (Phi) is 4.21. The number of carbonyl (C=O) groups is 1. The van der Waals surface area contributed by atoms with Crippen molar-refractivity contribution in [3.63, 3.8) is 0 Å². The molecule has 1 aromatic carbocycles. The highest BCUT2D eigenvalue weighted by molar-refractivity contribution is 5.92. The summed E-state index contributed by atoms with van der Waals surface area (Å²) in [5.74, 6) is 4.37. The van der Waals surface area contributed by atoms with E-state index < -0.39 is 11.7 Å². The van der Waals surface area contributed by atoms with Crippen LogP contribution in [0.4, 0.5) is 4.39 Å². The van der Waals surface area contributed by atoms with Gasteiger partial charge < -0.3 is 9.15 Å². The molecule has 0 fully saturated rings. The van der Waals surface area contributed by atoms with Gasteiger partial charge in [-0.05, 0) is 25.1 Å². The highest BCUT2D eigenvalue weighted by Crippen LogP contribution is 2.22. The molecule has 1 heterocycles. The maximum absolute atomic E-state index is 13.4. The molecule has 7 heteroatoms. The first-order chi connectivity index (χ1) is 10.1. The number of rotatable bonds is 4. The fraction of sp³-hybridized carbons (Fsp3) is 0.143. The summed E-state index contributed by atoms with van der Waals surface area (Å²) in [6, 6.07) is 7.43. The number of amides is 1. The number of ether oxygens (including phenoxy) is 1. The van der Waals surface area contributed by atoms with Crippen LogP contribution in [0, 0.1) is 24.1 Å². The summed E-state index contributed by atoms with van der Waals surface area (Å²) < 4.78 is 24.1. The second-order valence-electron chi connectivity index (χ2n) is 4.21. The van der Waals surface area contributed by atoms with Crippen LogP contribution in [0.1, 0.15) is 27.4 Å². The molecular weight excluding hydrogens is 277 g/mol. The Balaban J connectivity index is 2.16. The van der Waals surface area contributed by atoms with Gasteiger partial charge in [-0.2, -0.15) is 5.26 Å². The molecule has 108 valence electrons. The van der Waals surface area contributed by atoms with Crippen molar-refractivity contribution in [2.24, 2.45) is 5.84 Å². The van der Waals surface area contributed by atoms with Gasteiger partial charge in [0.15, 0.2) is 5.76 Å². The first-order valence-electron chi connectivity index (χ1n) is 5.98. The van der Waals surface area contributed by atoms with E-state index in [-0.39, 0.29) is 23.7 Å². The number of hydrogen-bond donors (Lipinski definition) is 2. The lowest BCUT2D eigenvalue weighted by molar-refractivity contribution is 0.0921. The van der Waals surface area contributed by atoms with Gasteiger partial charge in [-0.25, -0.2) is 10.2 Å². The van der Waals surface area contributed by atoms with Crippen LogP contribution in [-0.2, 0) is 6.61 Å². The fourth-order valence-corrected chi connectivity index (χ4v) is 1.79. The zero-order chi connectivity index (χ0) is 15.4. The maximum atomic E-state index is 13.4. The van der Waals surface area contributed by atoms with Crippen molar-refractivity contribution in [1.82, 2.24) is 5.43 Å². The predicted octanol–water partition coefficient (Wildman–Crippen LogP) is 1.78. The van der Waals surface area contributed by atoms with E-state index in [1.165, 1.54) is 18.2 Å². The standard InChI is InChI=1S/C14H12FN3O3/c1-8-5-9(21-13(8)14(19)18-17)7-20-12-4-2-3-11(15)10(12)6-16/h2-5H,7,17H2,1H3,(H,18,19). The van der Waals surface area contributed by atoms with Gasteiger partial charge in [-0.15, -0.1) is 0 Å². The molecule has 6 nitrogen and oxygen atoms in total. The van der Waals surface area contributed by atoms with E-state index in [0.29, 0.717) is 11.3 Å². The number of nitrogens with one attached hydrogen (secondary N) is 1. The molecule has 2 rings (SSSR count). The Morgan fingerprint density at radius 3 is 3.00 bits per heavy atom. The number of benzene rings is 1. The number of hydrogen-bond acceptors (Lipinski definition) is 5.